The van der Waals surface area contributed by atoms with Crippen LogP contribution in [0.25, 0.3) is 0 Å². The number of hydrogen-bond donors (Lipinski definition) is 1. The average molecular weight is 341 g/mol. The van der Waals surface area contributed by atoms with Crippen molar-refractivity contribution in [2.24, 2.45) is 5.16 Å². The molecule has 2 rings (SSSR count). The van der Waals surface area contributed by atoms with Gasteiger partial charge in [0.15, 0.2) is 6.61 Å². The maximum atomic E-state index is 12.0. The minimum Gasteiger partial charge on any atom is -0.386 e. The first-order valence-corrected chi connectivity index (χ1v) is 7.79. The van der Waals surface area contributed by atoms with E-state index in [0.29, 0.717) is 5.56 Å². The number of oxime groups is 1. The van der Waals surface area contributed by atoms with Gasteiger partial charge in [-0.15, -0.1) is 0 Å². The number of nitro benzene ring substituents is 1. The Balaban J connectivity index is 1.91. The summed E-state index contributed by atoms with van der Waals surface area (Å²) in [6.45, 7) is 3.70. The molecule has 0 aromatic heterocycles. The molecule has 0 aliphatic rings. The van der Waals surface area contributed by atoms with Gasteiger partial charge in [0.1, 0.15) is 0 Å². The molecular formula is C18H19N3O4. The van der Waals surface area contributed by atoms with Crippen LogP contribution in [0.15, 0.2) is 47.6 Å². The average Bonchev–Trinajstić information content (AvgIpc) is 2.60. The highest BCUT2D eigenvalue weighted by molar-refractivity contribution is 5.93. The topological polar surface area (TPSA) is 93.8 Å². The lowest BCUT2D eigenvalue weighted by Gasteiger charge is -2.12. The first-order valence-electron chi connectivity index (χ1n) is 7.79. The zero-order valence-electron chi connectivity index (χ0n) is 14.1. The smallest absolute Gasteiger partial charge is 0.270 e. The fourth-order valence-corrected chi connectivity index (χ4v) is 2.29. The quantitative estimate of drug-likeness (QED) is 0.474. The summed E-state index contributed by atoms with van der Waals surface area (Å²) >= 11 is 0. The van der Waals surface area contributed by atoms with Gasteiger partial charge in [-0.05, 0) is 24.5 Å². The van der Waals surface area contributed by atoms with E-state index in [4.69, 9.17) is 4.84 Å². The van der Waals surface area contributed by atoms with Gasteiger partial charge in [-0.3, -0.25) is 14.9 Å². The van der Waals surface area contributed by atoms with Gasteiger partial charge in [0.25, 0.3) is 11.6 Å². The fourth-order valence-electron chi connectivity index (χ4n) is 2.29. The Hall–Kier alpha value is -3.22. The van der Waals surface area contributed by atoms with E-state index >= 15 is 0 Å². The van der Waals surface area contributed by atoms with Crippen LogP contribution in [0.2, 0.25) is 0 Å². The number of anilines is 1. The molecule has 0 saturated carbocycles. The van der Waals surface area contributed by atoms with Gasteiger partial charge in [-0.25, -0.2) is 0 Å². The molecule has 0 bridgehead atoms. The first kappa shape index (κ1) is 18.1. The van der Waals surface area contributed by atoms with E-state index in [2.05, 4.69) is 10.5 Å². The number of carbonyl (C=O) groups is 1. The number of nitro groups is 1. The summed E-state index contributed by atoms with van der Waals surface area (Å²) in [7, 11) is 0. The third kappa shape index (κ3) is 5.13. The Morgan fingerprint density at radius 1 is 1.32 bits per heavy atom. The molecule has 0 atom stereocenters. The number of amides is 1. The summed E-state index contributed by atoms with van der Waals surface area (Å²) in [5, 5.41) is 17.2. The SMILES string of the molecule is CCc1cccc(C)c1NC(=O)CO/N=C\c1cccc([N+](=O)[O-])c1. The summed E-state index contributed by atoms with van der Waals surface area (Å²) in [6.07, 6.45) is 2.13. The molecule has 1 amide bonds. The number of para-hydroxylation sites is 1. The Labute approximate surface area is 145 Å². The van der Waals surface area contributed by atoms with Gasteiger partial charge in [-0.2, -0.15) is 0 Å². The van der Waals surface area contributed by atoms with Crippen molar-refractivity contribution in [1.29, 1.82) is 0 Å². The van der Waals surface area contributed by atoms with Crippen molar-refractivity contribution in [3.05, 3.63) is 69.3 Å². The molecule has 2 aromatic rings. The van der Waals surface area contributed by atoms with Crippen molar-refractivity contribution in [2.45, 2.75) is 20.3 Å². The van der Waals surface area contributed by atoms with Crippen LogP contribution in [0.5, 0.6) is 0 Å². The highest BCUT2D eigenvalue weighted by Gasteiger charge is 2.09. The standard InChI is InChI=1S/C18H19N3O4/c1-3-15-8-4-6-13(2)18(15)20-17(22)12-25-19-11-14-7-5-9-16(10-14)21(23)24/h4-11H,3,12H2,1-2H3,(H,20,22)/b19-11-. The predicted octanol–water partition coefficient (Wildman–Crippen LogP) is 3.45. The highest BCUT2D eigenvalue weighted by atomic mass is 16.6. The maximum absolute atomic E-state index is 12.0. The van der Waals surface area contributed by atoms with Gasteiger partial charge in [-0.1, -0.05) is 42.4 Å². The lowest BCUT2D eigenvalue weighted by Crippen LogP contribution is -2.18. The Morgan fingerprint density at radius 2 is 2.08 bits per heavy atom. The molecule has 0 radical (unpaired) electrons. The number of nitrogens with one attached hydrogen (secondary N) is 1. The molecule has 25 heavy (non-hydrogen) atoms. The molecule has 0 aliphatic heterocycles. The lowest BCUT2D eigenvalue weighted by molar-refractivity contribution is -0.384. The molecule has 1 N–H and O–H groups in total. The number of nitrogens with zero attached hydrogens (tertiary/aromatic N) is 2. The van der Waals surface area contributed by atoms with Crippen LogP contribution in [0.3, 0.4) is 0 Å². The van der Waals surface area contributed by atoms with E-state index in [-0.39, 0.29) is 18.2 Å². The lowest BCUT2D eigenvalue weighted by atomic mass is 10.1. The van der Waals surface area contributed by atoms with Crippen molar-refractivity contribution in [1.82, 2.24) is 0 Å². The van der Waals surface area contributed by atoms with E-state index in [0.717, 1.165) is 23.2 Å². The largest absolute Gasteiger partial charge is 0.386 e. The van der Waals surface area contributed by atoms with E-state index in [1.54, 1.807) is 12.1 Å². The number of benzene rings is 2. The maximum Gasteiger partial charge on any atom is 0.270 e. The van der Waals surface area contributed by atoms with E-state index < -0.39 is 4.92 Å². The van der Waals surface area contributed by atoms with Crippen LogP contribution in [-0.2, 0) is 16.1 Å². The van der Waals surface area contributed by atoms with Crippen LogP contribution in [0.4, 0.5) is 11.4 Å². The van der Waals surface area contributed by atoms with E-state index in [9.17, 15) is 14.9 Å². The second-order valence-corrected chi connectivity index (χ2v) is 5.37. The molecular weight excluding hydrogens is 322 g/mol. The number of carbonyl (C=O) groups excluding carboxylic acids is 1. The van der Waals surface area contributed by atoms with E-state index in [1.807, 2.05) is 32.0 Å². The first-order chi connectivity index (χ1) is 12.0. The van der Waals surface area contributed by atoms with Crippen LogP contribution < -0.4 is 5.32 Å². The molecule has 0 saturated heterocycles. The Kier molecular flexibility index (Phi) is 6.22. The molecule has 0 aliphatic carbocycles. The molecule has 7 heteroatoms. The Morgan fingerprint density at radius 3 is 2.80 bits per heavy atom. The van der Waals surface area contributed by atoms with E-state index in [1.165, 1.54) is 18.3 Å². The summed E-state index contributed by atoms with van der Waals surface area (Å²) in [5.74, 6) is -0.319. The second kappa shape index (κ2) is 8.58. The highest BCUT2D eigenvalue weighted by Crippen LogP contribution is 2.20. The number of hydrogen-bond acceptors (Lipinski definition) is 5. The second-order valence-electron chi connectivity index (χ2n) is 5.37. The Bertz CT molecular complexity index is 803. The molecule has 7 nitrogen and oxygen atoms in total. The summed E-state index contributed by atoms with van der Waals surface area (Å²) in [4.78, 5) is 27.2. The van der Waals surface area contributed by atoms with Crippen molar-refractivity contribution >= 4 is 23.5 Å². The zero-order chi connectivity index (χ0) is 18.2. The minimum atomic E-state index is -0.487. The monoisotopic (exact) mass is 341 g/mol. The third-order valence-electron chi connectivity index (χ3n) is 3.56. The van der Waals surface area contributed by atoms with Crippen molar-refractivity contribution in [3.63, 3.8) is 0 Å². The molecule has 0 spiro atoms. The van der Waals surface area contributed by atoms with Gasteiger partial charge in [0.2, 0.25) is 0 Å². The number of aryl methyl sites for hydroxylation is 2. The normalized spacial score (nSPS) is 10.6. The van der Waals surface area contributed by atoms with Crippen molar-refractivity contribution in [2.75, 3.05) is 11.9 Å². The van der Waals surface area contributed by atoms with Gasteiger partial charge >= 0.3 is 0 Å². The number of non-ortho nitro benzene ring substituents is 1. The van der Waals surface area contributed by atoms with Crippen molar-refractivity contribution < 1.29 is 14.6 Å². The zero-order valence-corrected chi connectivity index (χ0v) is 14.1. The third-order valence-corrected chi connectivity index (χ3v) is 3.56. The summed E-state index contributed by atoms with van der Waals surface area (Å²) in [6, 6.07) is 11.8. The van der Waals surface area contributed by atoms with Gasteiger partial charge in [0, 0.05) is 23.4 Å². The molecule has 2 aromatic carbocycles. The summed E-state index contributed by atoms with van der Waals surface area (Å²) in [5.41, 5.74) is 3.30. The van der Waals surface area contributed by atoms with Crippen LogP contribution in [0.1, 0.15) is 23.6 Å². The minimum absolute atomic E-state index is 0.0339. The van der Waals surface area contributed by atoms with Crippen LogP contribution >= 0.6 is 0 Å². The van der Waals surface area contributed by atoms with Crippen LogP contribution in [-0.4, -0.2) is 23.7 Å². The van der Waals surface area contributed by atoms with Gasteiger partial charge < -0.3 is 10.2 Å². The van der Waals surface area contributed by atoms with Crippen molar-refractivity contribution in [3.8, 4) is 0 Å². The predicted molar refractivity (Wildman–Crippen MR) is 95.8 cm³/mol. The molecule has 130 valence electrons. The molecule has 0 unspecified atom stereocenters. The summed E-state index contributed by atoms with van der Waals surface area (Å²) < 4.78 is 0. The fraction of sp³-hybridized carbons (Fsp3) is 0.222. The molecule has 0 fully saturated rings. The molecule has 0 heterocycles. The number of rotatable bonds is 7. The van der Waals surface area contributed by atoms with Gasteiger partial charge in [0.05, 0.1) is 11.1 Å². The van der Waals surface area contributed by atoms with Crippen LogP contribution in [0, 0.1) is 17.0 Å².